The Kier molecular flexibility index (Phi) is 5.86. The van der Waals surface area contributed by atoms with E-state index in [1.54, 1.807) is 6.07 Å². The van der Waals surface area contributed by atoms with Crippen molar-refractivity contribution in [1.82, 2.24) is 4.90 Å². The van der Waals surface area contributed by atoms with Gasteiger partial charge in [-0.15, -0.1) is 0 Å². The van der Waals surface area contributed by atoms with Gasteiger partial charge in [0.25, 0.3) is 5.76 Å². The van der Waals surface area contributed by atoms with Gasteiger partial charge in [0.15, 0.2) is 0 Å². The quantitative estimate of drug-likeness (QED) is 0.349. The third kappa shape index (κ3) is 4.54. The Labute approximate surface area is 198 Å². The Hall–Kier alpha value is -3.98. The van der Waals surface area contributed by atoms with Crippen molar-refractivity contribution in [2.24, 2.45) is 0 Å². The van der Waals surface area contributed by atoms with E-state index in [4.69, 9.17) is 18.6 Å². The molecule has 0 saturated carbocycles. The first-order valence-corrected chi connectivity index (χ1v) is 10.7. The van der Waals surface area contributed by atoms with Gasteiger partial charge < -0.3 is 18.6 Å². The zero-order valence-corrected chi connectivity index (χ0v) is 18.6. The molecule has 6 nitrogen and oxygen atoms in total. The summed E-state index contributed by atoms with van der Waals surface area (Å²) in [4.78, 5) is 15.1. The molecule has 0 radical (unpaired) electrons. The molecule has 2 heterocycles. The van der Waals surface area contributed by atoms with Gasteiger partial charge in [-0.25, -0.2) is 0 Å². The highest BCUT2D eigenvalue weighted by atomic mass is 19.4. The predicted octanol–water partition coefficient (Wildman–Crippen LogP) is 5.96. The van der Waals surface area contributed by atoms with Crippen LogP contribution >= 0.6 is 0 Å². The Bertz CT molecular complexity index is 1420. The van der Waals surface area contributed by atoms with E-state index in [2.05, 4.69) is 0 Å². The van der Waals surface area contributed by atoms with Crippen molar-refractivity contribution in [1.29, 1.82) is 0 Å². The Morgan fingerprint density at radius 3 is 2.37 bits per heavy atom. The lowest BCUT2D eigenvalue weighted by Crippen LogP contribution is -2.31. The summed E-state index contributed by atoms with van der Waals surface area (Å²) in [6, 6.07) is 18.4. The lowest BCUT2D eigenvalue weighted by Gasteiger charge is -2.29. The van der Waals surface area contributed by atoms with Gasteiger partial charge >= 0.3 is 6.18 Å². The maximum absolute atomic E-state index is 14.0. The number of benzene rings is 3. The van der Waals surface area contributed by atoms with Crippen LogP contribution in [0.1, 0.15) is 16.9 Å². The fourth-order valence-corrected chi connectivity index (χ4v) is 3.98. The molecule has 35 heavy (non-hydrogen) atoms. The Morgan fingerprint density at radius 1 is 0.971 bits per heavy atom. The highest BCUT2D eigenvalue weighted by molar-refractivity contribution is 5.84. The number of nitrogens with zero attached hydrogens (tertiary/aromatic N) is 1. The molecule has 180 valence electrons. The van der Waals surface area contributed by atoms with Gasteiger partial charge in [-0.05, 0) is 42.0 Å². The fraction of sp³-hybridized carbons (Fsp3) is 0.192. The van der Waals surface area contributed by atoms with E-state index in [0.717, 1.165) is 5.56 Å². The second-order valence-electron chi connectivity index (χ2n) is 8.03. The summed E-state index contributed by atoms with van der Waals surface area (Å²) in [5.41, 5.74) is 0.313. The van der Waals surface area contributed by atoms with Crippen LogP contribution in [-0.2, 0) is 19.3 Å². The smallest absolute Gasteiger partial charge is 0.453 e. The molecule has 0 unspecified atom stereocenters. The number of halogens is 3. The molecule has 4 aromatic rings. The van der Waals surface area contributed by atoms with E-state index < -0.39 is 23.1 Å². The number of hydrogen-bond donors (Lipinski definition) is 0. The van der Waals surface area contributed by atoms with E-state index in [9.17, 15) is 18.0 Å². The van der Waals surface area contributed by atoms with E-state index in [0.29, 0.717) is 23.6 Å². The van der Waals surface area contributed by atoms with Crippen molar-refractivity contribution in [2.75, 3.05) is 13.8 Å². The molecule has 0 N–H and O–H groups in total. The van der Waals surface area contributed by atoms with Crippen LogP contribution in [0.5, 0.6) is 23.0 Å². The molecule has 0 saturated heterocycles. The standard InChI is InChI=1S/C26H20F3NO5/c1-32-17-7-9-18(10-8-17)34-24-22(31)19-11-12-21-20(23(19)35-25(24)26(27,28)29)14-30(15-33-21)13-16-5-3-2-4-6-16/h2-12H,13-15H2,1H3. The number of fused-ring (bicyclic) bond motifs is 3. The Morgan fingerprint density at radius 2 is 1.69 bits per heavy atom. The molecule has 3 aromatic carbocycles. The highest BCUT2D eigenvalue weighted by Crippen LogP contribution is 2.41. The summed E-state index contributed by atoms with van der Waals surface area (Å²) in [5, 5.41) is -0.0228. The van der Waals surface area contributed by atoms with Crippen molar-refractivity contribution in [3.8, 4) is 23.0 Å². The van der Waals surface area contributed by atoms with Crippen LogP contribution < -0.4 is 19.6 Å². The van der Waals surface area contributed by atoms with E-state index in [1.807, 2.05) is 35.2 Å². The summed E-state index contributed by atoms with van der Waals surface area (Å²) >= 11 is 0. The van der Waals surface area contributed by atoms with Gasteiger partial charge in [0.05, 0.1) is 18.1 Å². The van der Waals surface area contributed by atoms with E-state index in [-0.39, 0.29) is 30.0 Å². The van der Waals surface area contributed by atoms with E-state index >= 15 is 0 Å². The minimum atomic E-state index is -4.96. The lowest BCUT2D eigenvalue weighted by atomic mass is 10.1. The zero-order chi connectivity index (χ0) is 24.6. The molecule has 1 aliphatic rings. The average molecular weight is 483 g/mol. The highest BCUT2D eigenvalue weighted by Gasteiger charge is 2.41. The second-order valence-corrected chi connectivity index (χ2v) is 8.03. The molecule has 0 amide bonds. The molecular formula is C26H20F3NO5. The molecule has 0 fully saturated rings. The number of methoxy groups -OCH3 is 1. The topological polar surface area (TPSA) is 61.1 Å². The number of ether oxygens (including phenoxy) is 3. The SMILES string of the molecule is COc1ccc(Oc2c(C(F)(F)F)oc3c4c(ccc3c2=O)OCN(Cc2ccccc2)C4)cc1. The molecule has 5 rings (SSSR count). The van der Waals surface area contributed by atoms with Gasteiger partial charge in [0.2, 0.25) is 11.2 Å². The summed E-state index contributed by atoms with van der Waals surface area (Å²) in [5.74, 6) is -1.52. The number of hydrogen-bond acceptors (Lipinski definition) is 6. The first kappa shape index (κ1) is 22.8. The molecule has 0 atom stereocenters. The van der Waals surface area contributed by atoms with Gasteiger partial charge in [-0.3, -0.25) is 9.69 Å². The van der Waals surface area contributed by atoms with Gasteiger partial charge in [-0.2, -0.15) is 13.2 Å². The van der Waals surface area contributed by atoms with Crippen LogP contribution in [0.15, 0.2) is 75.9 Å². The third-order valence-electron chi connectivity index (χ3n) is 5.65. The average Bonchev–Trinajstić information content (AvgIpc) is 2.85. The molecule has 0 bridgehead atoms. The van der Waals surface area contributed by atoms with Crippen LogP contribution in [0.3, 0.4) is 0 Å². The lowest BCUT2D eigenvalue weighted by molar-refractivity contribution is -0.154. The monoisotopic (exact) mass is 483 g/mol. The number of alkyl halides is 3. The first-order valence-electron chi connectivity index (χ1n) is 10.7. The van der Waals surface area contributed by atoms with Crippen LogP contribution in [0.2, 0.25) is 0 Å². The molecule has 1 aromatic heterocycles. The maximum Gasteiger partial charge on any atom is 0.453 e. The summed E-state index contributed by atoms with van der Waals surface area (Å²) in [6.45, 7) is 1.02. The minimum Gasteiger partial charge on any atom is -0.497 e. The van der Waals surface area contributed by atoms with Gasteiger partial charge in [0, 0.05) is 13.1 Å². The summed E-state index contributed by atoms with van der Waals surface area (Å²) in [6.07, 6.45) is -4.96. The molecule has 1 aliphatic heterocycles. The predicted molar refractivity (Wildman–Crippen MR) is 122 cm³/mol. The third-order valence-corrected chi connectivity index (χ3v) is 5.65. The zero-order valence-electron chi connectivity index (χ0n) is 18.6. The molecular weight excluding hydrogens is 463 g/mol. The fourth-order valence-electron chi connectivity index (χ4n) is 3.98. The summed E-state index contributed by atoms with van der Waals surface area (Å²) in [7, 11) is 1.46. The van der Waals surface area contributed by atoms with Gasteiger partial charge in [-0.1, -0.05) is 30.3 Å². The van der Waals surface area contributed by atoms with Gasteiger partial charge in [0.1, 0.15) is 29.6 Å². The normalized spacial score (nSPS) is 13.8. The maximum atomic E-state index is 14.0. The van der Waals surface area contributed by atoms with Crippen molar-refractivity contribution in [3.05, 3.63) is 93.8 Å². The summed E-state index contributed by atoms with van der Waals surface area (Å²) < 4.78 is 63.6. The van der Waals surface area contributed by atoms with Crippen LogP contribution in [0, 0.1) is 0 Å². The van der Waals surface area contributed by atoms with Crippen molar-refractivity contribution in [2.45, 2.75) is 19.3 Å². The van der Waals surface area contributed by atoms with Crippen molar-refractivity contribution in [3.63, 3.8) is 0 Å². The molecule has 0 aliphatic carbocycles. The Balaban J connectivity index is 1.58. The van der Waals surface area contributed by atoms with Crippen LogP contribution in [0.25, 0.3) is 11.0 Å². The van der Waals surface area contributed by atoms with Crippen molar-refractivity contribution < 1.29 is 31.8 Å². The number of rotatable bonds is 5. The minimum absolute atomic E-state index is 0.0228. The van der Waals surface area contributed by atoms with Crippen LogP contribution in [-0.4, -0.2) is 18.7 Å². The van der Waals surface area contributed by atoms with E-state index in [1.165, 1.54) is 37.4 Å². The molecule has 0 spiro atoms. The first-order chi connectivity index (χ1) is 16.8. The van der Waals surface area contributed by atoms with Crippen LogP contribution in [0.4, 0.5) is 13.2 Å². The van der Waals surface area contributed by atoms with Crippen molar-refractivity contribution >= 4 is 11.0 Å². The molecule has 9 heteroatoms. The largest absolute Gasteiger partial charge is 0.497 e. The second kappa shape index (κ2) is 8.99.